The molecule has 2 aromatic rings. The number of pyridine rings is 1. The second-order valence-corrected chi connectivity index (χ2v) is 7.23. The highest BCUT2D eigenvalue weighted by Gasteiger charge is 2.32. The number of hydrogen-bond donors (Lipinski definition) is 3. The molecule has 2 unspecified atom stereocenters. The molecule has 0 saturated heterocycles. The molecule has 8 nitrogen and oxygen atoms in total. The van der Waals surface area contributed by atoms with Crippen molar-refractivity contribution in [3.63, 3.8) is 0 Å². The van der Waals surface area contributed by atoms with Crippen LogP contribution in [0.5, 0.6) is 5.75 Å². The Kier molecular flexibility index (Phi) is 6.23. The molecule has 0 spiro atoms. The standard InChI is InChI=1S/C20H21F3N4O4/c1-10-14(22)5-6-25-27-9-13(17(28)18(29)16(27)20(31)26(10)2)19(30)24-8-11-3-4-12(21)7-15(11)23/h3-4,7,9-10,14,25,29H,5-6,8H2,1-2H3,(H,24,30). The zero-order valence-electron chi connectivity index (χ0n) is 16.8. The SMILES string of the molecule is CC1C(F)CCNn2cc(C(=O)NCc3ccc(F)cc3F)c(=O)c(O)c2C(=O)N1C. The van der Waals surface area contributed by atoms with Gasteiger partial charge in [-0.05, 0) is 19.4 Å². The summed E-state index contributed by atoms with van der Waals surface area (Å²) >= 11 is 0. The Morgan fingerprint density at radius 1 is 1.32 bits per heavy atom. The average molecular weight is 438 g/mol. The molecule has 0 aliphatic carbocycles. The fraction of sp³-hybridized carbons (Fsp3) is 0.350. The van der Waals surface area contributed by atoms with Crippen LogP contribution < -0.4 is 16.2 Å². The molecule has 1 aliphatic heterocycles. The van der Waals surface area contributed by atoms with Crippen molar-refractivity contribution in [3.05, 3.63) is 63.1 Å². The van der Waals surface area contributed by atoms with E-state index in [0.717, 1.165) is 27.9 Å². The van der Waals surface area contributed by atoms with Gasteiger partial charge in [-0.1, -0.05) is 6.07 Å². The normalized spacial score (nSPS) is 19.0. The fourth-order valence-corrected chi connectivity index (χ4v) is 3.19. The van der Waals surface area contributed by atoms with Gasteiger partial charge in [-0.25, -0.2) is 13.2 Å². The molecule has 2 atom stereocenters. The third-order valence-electron chi connectivity index (χ3n) is 5.24. The minimum absolute atomic E-state index is 0.0142. The van der Waals surface area contributed by atoms with Crippen LogP contribution in [-0.2, 0) is 6.54 Å². The topological polar surface area (TPSA) is 104 Å². The molecule has 0 fully saturated rings. The Balaban J connectivity index is 1.94. The van der Waals surface area contributed by atoms with E-state index in [1.54, 1.807) is 0 Å². The summed E-state index contributed by atoms with van der Waals surface area (Å²) in [5, 5.41) is 12.7. The van der Waals surface area contributed by atoms with Crippen molar-refractivity contribution in [2.75, 3.05) is 19.0 Å². The smallest absolute Gasteiger partial charge is 0.276 e. The van der Waals surface area contributed by atoms with Crippen LogP contribution in [0, 0.1) is 11.6 Å². The van der Waals surface area contributed by atoms with E-state index in [1.807, 2.05) is 0 Å². The highest BCUT2D eigenvalue weighted by Crippen LogP contribution is 2.20. The number of nitrogens with one attached hydrogen (secondary N) is 2. The van der Waals surface area contributed by atoms with Crippen LogP contribution in [0.1, 0.15) is 39.8 Å². The first kappa shape index (κ1) is 22.2. The molecule has 11 heteroatoms. The number of carbonyl (C=O) groups is 2. The van der Waals surface area contributed by atoms with Gasteiger partial charge in [0.1, 0.15) is 23.4 Å². The van der Waals surface area contributed by atoms with E-state index in [4.69, 9.17) is 0 Å². The van der Waals surface area contributed by atoms with Gasteiger partial charge in [0.25, 0.3) is 11.8 Å². The number of nitrogens with zero attached hydrogens (tertiary/aromatic N) is 2. The number of aromatic nitrogens is 1. The van der Waals surface area contributed by atoms with Crippen molar-refractivity contribution in [2.24, 2.45) is 0 Å². The third-order valence-corrected chi connectivity index (χ3v) is 5.24. The van der Waals surface area contributed by atoms with E-state index in [1.165, 1.54) is 14.0 Å². The minimum atomic E-state index is -1.35. The lowest BCUT2D eigenvalue weighted by Gasteiger charge is -2.27. The second kappa shape index (κ2) is 8.70. The minimum Gasteiger partial charge on any atom is -0.502 e. The van der Waals surface area contributed by atoms with Crippen molar-refractivity contribution in [1.29, 1.82) is 0 Å². The molecular weight excluding hydrogens is 417 g/mol. The number of aromatic hydroxyl groups is 1. The predicted octanol–water partition coefficient (Wildman–Crippen LogP) is 1.51. The molecular formula is C20H21F3N4O4. The van der Waals surface area contributed by atoms with Crippen LogP contribution in [0.15, 0.2) is 29.2 Å². The second-order valence-electron chi connectivity index (χ2n) is 7.23. The summed E-state index contributed by atoms with van der Waals surface area (Å²) in [5.41, 5.74) is 0.625. The van der Waals surface area contributed by atoms with E-state index in [-0.39, 0.29) is 25.1 Å². The molecule has 166 valence electrons. The summed E-state index contributed by atoms with van der Waals surface area (Å²) in [6.45, 7) is 1.22. The third kappa shape index (κ3) is 4.35. The first-order chi connectivity index (χ1) is 14.6. The van der Waals surface area contributed by atoms with Gasteiger partial charge in [-0.15, -0.1) is 0 Å². The van der Waals surface area contributed by atoms with Crippen LogP contribution >= 0.6 is 0 Å². The van der Waals surface area contributed by atoms with E-state index < -0.39 is 58.1 Å². The molecule has 2 amide bonds. The Hall–Kier alpha value is -3.50. The van der Waals surface area contributed by atoms with Gasteiger partial charge in [0.15, 0.2) is 11.4 Å². The molecule has 1 aromatic carbocycles. The summed E-state index contributed by atoms with van der Waals surface area (Å²) in [6.07, 6.45) is -0.294. The molecule has 31 heavy (non-hydrogen) atoms. The van der Waals surface area contributed by atoms with Crippen LogP contribution in [-0.4, -0.2) is 52.3 Å². The summed E-state index contributed by atoms with van der Waals surface area (Å²) in [4.78, 5) is 38.9. The lowest BCUT2D eigenvalue weighted by molar-refractivity contribution is 0.0643. The number of benzene rings is 1. The molecule has 0 bridgehead atoms. The van der Waals surface area contributed by atoms with Crippen molar-refractivity contribution >= 4 is 11.8 Å². The number of amides is 2. The molecule has 2 heterocycles. The monoisotopic (exact) mass is 438 g/mol. The van der Waals surface area contributed by atoms with Crippen LogP contribution in [0.3, 0.4) is 0 Å². The number of halogens is 3. The number of rotatable bonds is 3. The van der Waals surface area contributed by atoms with Gasteiger partial charge in [0, 0.05) is 38.0 Å². The fourth-order valence-electron chi connectivity index (χ4n) is 3.19. The van der Waals surface area contributed by atoms with E-state index in [2.05, 4.69) is 10.7 Å². The summed E-state index contributed by atoms with van der Waals surface area (Å²) in [6, 6.07) is 2.01. The summed E-state index contributed by atoms with van der Waals surface area (Å²) in [7, 11) is 1.34. The molecule has 3 rings (SSSR count). The van der Waals surface area contributed by atoms with Gasteiger partial charge in [-0.3, -0.25) is 19.1 Å². The first-order valence-electron chi connectivity index (χ1n) is 9.47. The van der Waals surface area contributed by atoms with Crippen LogP contribution in [0.2, 0.25) is 0 Å². The van der Waals surface area contributed by atoms with Crippen molar-refractivity contribution in [2.45, 2.75) is 32.1 Å². The largest absolute Gasteiger partial charge is 0.502 e. The zero-order valence-corrected chi connectivity index (χ0v) is 16.8. The maximum Gasteiger partial charge on any atom is 0.276 e. The molecule has 1 aliphatic rings. The van der Waals surface area contributed by atoms with E-state index >= 15 is 0 Å². The van der Waals surface area contributed by atoms with Crippen LogP contribution in [0.4, 0.5) is 13.2 Å². The average Bonchev–Trinajstić information content (AvgIpc) is 2.76. The number of carbonyl (C=O) groups excluding carboxylic acids is 2. The molecule has 3 N–H and O–H groups in total. The predicted molar refractivity (Wildman–Crippen MR) is 105 cm³/mol. The van der Waals surface area contributed by atoms with E-state index in [0.29, 0.717) is 6.07 Å². The highest BCUT2D eigenvalue weighted by molar-refractivity contribution is 5.98. The van der Waals surface area contributed by atoms with Gasteiger partial charge >= 0.3 is 0 Å². The van der Waals surface area contributed by atoms with Crippen molar-refractivity contribution < 1.29 is 27.9 Å². The Morgan fingerprint density at radius 3 is 2.71 bits per heavy atom. The molecule has 1 aromatic heterocycles. The highest BCUT2D eigenvalue weighted by atomic mass is 19.1. The summed E-state index contributed by atoms with van der Waals surface area (Å²) < 4.78 is 42.0. The van der Waals surface area contributed by atoms with Gasteiger partial charge in [-0.2, -0.15) is 0 Å². The zero-order chi connectivity index (χ0) is 22.9. The molecule has 0 radical (unpaired) electrons. The van der Waals surface area contributed by atoms with Crippen molar-refractivity contribution in [1.82, 2.24) is 14.9 Å². The van der Waals surface area contributed by atoms with Crippen LogP contribution in [0.25, 0.3) is 0 Å². The Labute approximate surface area is 175 Å². The quantitative estimate of drug-likeness (QED) is 0.674. The molecule has 0 saturated carbocycles. The van der Waals surface area contributed by atoms with Gasteiger partial charge < -0.3 is 20.7 Å². The van der Waals surface area contributed by atoms with E-state index in [9.17, 15) is 32.7 Å². The maximum atomic E-state index is 14.3. The number of hydrogen-bond acceptors (Lipinski definition) is 5. The maximum absolute atomic E-state index is 14.3. The first-order valence-corrected chi connectivity index (χ1v) is 9.47. The Bertz CT molecular complexity index is 1090. The summed E-state index contributed by atoms with van der Waals surface area (Å²) in [5.74, 6) is -4.38. The van der Waals surface area contributed by atoms with Gasteiger partial charge in [0.2, 0.25) is 5.43 Å². The number of alkyl halides is 1. The lowest BCUT2D eigenvalue weighted by atomic mass is 10.1. The van der Waals surface area contributed by atoms with Gasteiger partial charge in [0.05, 0.1) is 6.04 Å². The Morgan fingerprint density at radius 2 is 2.03 bits per heavy atom. The number of fused-ring (bicyclic) bond motifs is 1. The van der Waals surface area contributed by atoms with Crippen molar-refractivity contribution in [3.8, 4) is 5.75 Å². The lowest BCUT2D eigenvalue weighted by Crippen LogP contribution is -2.42.